The summed E-state index contributed by atoms with van der Waals surface area (Å²) in [6.45, 7) is 0.529. The van der Waals surface area contributed by atoms with Crippen LogP contribution < -0.4 is 15.4 Å². The Kier molecular flexibility index (Phi) is 3.66. The molecule has 6 heteroatoms. The van der Waals surface area contributed by atoms with Gasteiger partial charge in [-0.15, -0.1) is 0 Å². The first-order valence-corrected chi connectivity index (χ1v) is 6.74. The van der Waals surface area contributed by atoms with Crippen molar-refractivity contribution < 1.29 is 13.9 Å². The van der Waals surface area contributed by atoms with E-state index in [-0.39, 0.29) is 17.5 Å². The summed E-state index contributed by atoms with van der Waals surface area (Å²) in [5, 5.41) is 6.02. The van der Waals surface area contributed by atoms with E-state index in [0.29, 0.717) is 18.0 Å². The van der Waals surface area contributed by atoms with E-state index in [1.54, 1.807) is 24.3 Å². The van der Waals surface area contributed by atoms with E-state index in [0.717, 1.165) is 11.3 Å². The van der Waals surface area contributed by atoms with Gasteiger partial charge in [0.05, 0.1) is 10.7 Å². The lowest BCUT2D eigenvalue weighted by Crippen LogP contribution is -2.25. The van der Waals surface area contributed by atoms with E-state index < -0.39 is 5.82 Å². The molecule has 1 aliphatic heterocycles. The lowest BCUT2D eigenvalue weighted by atomic mass is 10.2. The van der Waals surface area contributed by atoms with Crippen molar-refractivity contribution in [3.63, 3.8) is 0 Å². The molecule has 0 fully saturated rings. The zero-order chi connectivity index (χ0) is 14.8. The highest BCUT2D eigenvalue weighted by Crippen LogP contribution is 2.30. The summed E-state index contributed by atoms with van der Waals surface area (Å²) in [4.78, 5) is 11.3. The molecule has 21 heavy (non-hydrogen) atoms. The molecule has 0 saturated heterocycles. The molecule has 0 unspecified atom stereocenters. The summed E-state index contributed by atoms with van der Waals surface area (Å²) in [6.07, 6.45) is 0. The molecule has 1 amide bonds. The molecule has 0 radical (unpaired) electrons. The molecular weight excluding hydrogens is 295 g/mol. The van der Waals surface area contributed by atoms with Gasteiger partial charge in [0.2, 0.25) is 0 Å². The van der Waals surface area contributed by atoms with Crippen LogP contribution in [0, 0.1) is 5.82 Å². The van der Waals surface area contributed by atoms with Crippen molar-refractivity contribution in [2.75, 3.05) is 17.2 Å². The topological polar surface area (TPSA) is 50.4 Å². The number of nitrogens with one attached hydrogen (secondary N) is 2. The second kappa shape index (κ2) is 5.61. The fourth-order valence-electron chi connectivity index (χ4n) is 2.05. The second-order valence-electron chi connectivity index (χ2n) is 4.65. The number of halogens is 2. The Labute approximate surface area is 125 Å². The average molecular weight is 307 g/mol. The molecule has 0 saturated carbocycles. The van der Waals surface area contributed by atoms with Gasteiger partial charge in [-0.1, -0.05) is 17.7 Å². The number of carbonyl (C=O) groups excluding carboxylic acids is 1. The van der Waals surface area contributed by atoms with Crippen molar-refractivity contribution in [2.24, 2.45) is 0 Å². The normalized spacial score (nSPS) is 13.1. The van der Waals surface area contributed by atoms with Crippen LogP contribution >= 0.6 is 11.6 Å². The predicted octanol–water partition coefficient (Wildman–Crippen LogP) is 3.42. The van der Waals surface area contributed by atoms with Gasteiger partial charge in [-0.2, -0.15) is 0 Å². The largest absolute Gasteiger partial charge is 0.482 e. The number of hydrogen-bond acceptors (Lipinski definition) is 3. The van der Waals surface area contributed by atoms with Crippen LogP contribution in [-0.2, 0) is 11.3 Å². The number of amides is 1. The van der Waals surface area contributed by atoms with E-state index >= 15 is 0 Å². The van der Waals surface area contributed by atoms with Gasteiger partial charge < -0.3 is 15.4 Å². The van der Waals surface area contributed by atoms with Crippen LogP contribution in [-0.4, -0.2) is 12.5 Å². The SMILES string of the molecule is O=C1COc2ccc(NCc3ccc(F)c(Cl)c3)cc2N1. The van der Waals surface area contributed by atoms with Gasteiger partial charge in [0, 0.05) is 12.2 Å². The smallest absolute Gasteiger partial charge is 0.262 e. The molecule has 0 spiro atoms. The highest BCUT2D eigenvalue weighted by Gasteiger charge is 2.15. The monoisotopic (exact) mass is 306 g/mol. The van der Waals surface area contributed by atoms with E-state index in [2.05, 4.69) is 10.6 Å². The van der Waals surface area contributed by atoms with Crippen molar-refractivity contribution in [2.45, 2.75) is 6.54 Å². The predicted molar refractivity (Wildman–Crippen MR) is 79.3 cm³/mol. The Morgan fingerprint density at radius 2 is 2.14 bits per heavy atom. The van der Waals surface area contributed by atoms with Gasteiger partial charge in [-0.25, -0.2) is 4.39 Å². The van der Waals surface area contributed by atoms with Crippen LogP contribution in [0.4, 0.5) is 15.8 Å². The van der Waals surface area contributed by atoms with Crippen LogP contribution in [0.5, 0.6) is 5.75 Å². The minimum absolute atomic E-state index is 0.0356. The van der Waals surface area contributed by atoms with E-state index in [4.69, 9.17) is 16.3 Å². The molecular formula is C15H12ClFN2O2. The number of anilines is 2. The lowest BCUT2D eigenvalue weighted by molar-refractivity contribution is -0.118. The Morgan fingerprint density at radius 1 is 1.29 bits per heavy atom. The van der Waals surface area contributed by atoms with E-state index in [1.807, 2.05) is 6.07 Å². The number of hydrogen-bond donors (Lipinski definition) is 2. The summed E-state index contributed by atoms with van der Waals surface area (Å²) in [5.41, 5.74) is 2.31. The summed E-state index contributed by atoms with van der Waals surface area (Å²) in [5.74, 6) is 0.0315. The number of rotatable bonds is 3. The first-order chi connectivity index (χ1) is 10.1. The third kappa shape index (κ3) is 3.08. The first-order valence-electron chi connectivity index (χ1n) is 6.36. The molecule has 4 nitrogen and oxygen atoms in total. The summed E-state index contributed by atoms with van der Waals surface area (Å²) < 4.78 is 18.4. The molecule has 2 aromatic rings. The molecule has 0 bridgehead atoms. The van der Waals surface area contributed by atoms with Crippen molar-refractivity contribution in [3.05, 3.63) is 52.8 Å². The summed E-state index contributed by atoms with van der Waals surface area (Å²) >= 11 is 5.74. The average Bonchev–Trinajstić information content (AvgIpc) is 2.48. The van der Waals surface area contributed by atoms with E-state index in [1.165, 1.54) is 6.07 Å². The molecule has 108 valence electrons. The van der Waals surface area contributed by atoms with Gasteiger partial charge in [-0.3, -0.25) is 4.79 Å². The Bertz CT molecular complexity index is 706. The van der Waals surface area contributed by atoms with Crippen LogP contribution in [0.15, 0.2) is 36.4 Å². The van der Waals surface area contributed by atoms with Crippen molar-refractivity contribution in [3.8, 4) is 5.75 Å². The molecule has 0 aromatic heterocycles. The van der Waals surface area contributed by atoms with Gasteiger partial charge >= 0.3 is 0 Å². The standard InChI is InChI=1S/C15H12ClFN2O2/c16-11-5-9(1-3-12(11)17)7-18-10-2-4-14-13(6-10)19-15(20)8-21-14/h1-6,18H,7-8H2,(H,19,20). The van der Waals surface area contributed by atoms with Crippen LogP contribution in [0.3, 0.4) is 0 Å². The Balaban J connectivity index is 1.72. The highest BCUT2D eigenvalue weighted by molar-refractivity contribution is 6.30. The summed E-state index contributed by atoms with van der Waals surface area (Å²) in [6, 6.07) is 10.00. The molecule has 3 rings (SSSR count). The number of benzene rings is 2. The Morgan fingerprint density at radius 3 is 2.95 bits per heavy atom. The maximum atomic E-state index is 13.1. The fraction of sp³-hybridized carbons (Fsp3) is 0.133. The maximum absolute atomic E-state index is 13.1. The highest BCUT2D eigenvalue weighted by atomic mass is 35.5. The lowest BCUT2D eigenvalue weighted by Gasteiger charge is -2.19. The zero-order valence-corrected chi connectivity index (χ0v) is 11.7. The number of carbonyl (C=O) groups is 1. The zero-order valence-electron chi connectivity index (χ0n) is 11.0. The van der Waals surface area contributed by atoms with Crippen LogP contribution in [0.1, 0.15) is 5.56 Å². The third-order valence-electron chi connectivity index (χ3n) is 3.09. The second-order valence-corrected chi connectivity index (χ2v) is 5.06. The quantitative estimate of drug-likeness (QED) is 0.913. The molecule has 2 aromatic carbocycles. The first kappa shape index (κ1) is 13.7. The van der Waals surface area contributed by atoms with E-state index in [9.17, 15) is 9.18 Å². The third-order valence-corrected chi connectivity index (χ3v) is 3.38. The molecule has 1 heterocycles. The molecule has 0 aliphatic carbocycles. The maximum Gasteiger partial charge on any atom is 0.262 e. The van der Waals surface area contributed by atoms with Crippen molar-refractivity contribution in [1.82, 2.24) is 0 Å². The summed E-state index contributed by atoms with van der Waals surface area (Å²) in [7, 11) is 0. The van der Waals surface area contributed by atoms with Crippen LogP contribution in [0.25, 0.3) is 0 Å². The minimum Gasteiger partial charge on any atom is -0.482 e. The van der Waals surface area contributed by atoms with Gasteiger partial charge in [0.25, 0.3) is 5.91 Å². The minimum atomic E-state index is -0.436. The molecule has 1 aliphatic rings. The van der Waals surface area contributed by atoms with Crippen molar-refractivity contribution >= 4 is 28.9 Å². The van der Waals surface area contributed by atoms with Crippen molar-refractivity contribution in [1.29, 1.82) is 0 Å². The Hall–Kier alpha value is -2.27. The molecule has 0 atom stereocenters. The fourth-order valence-corrected chi connectivity index (χ4v) is 2.25. The number of fused-ring (bicyclic) bond motifs is 1. The number of ether oxygens (including phenoxy) is 1. The van der Waals surface area contributed by atoms with Gasteiger partial charge in [-0.05, 0) is 35.9 Å². The molecule has 2 N–H and O–H groups in total. The van der Waals surface area contributed by atoms with Crippen LogP contribution in [0.2, 0.25) is 5.02 Å². The van der Waals surface area contributed by atoms with Gasteiger partial charge in [0.15, 0.2) is 6.61 Å². The van der Waals surface area contributed by atoms with Gasteiger partial charge in [0.1, 0.15) is 11.6 Å².